The smallest absolute Gasteiger partial charge is 0.259 e. The van der Waals surface area contributed by atoms with E-state index in [2.05, 4.69) is 49.6 Å². The van der Waals surface area contributed by atoms with Crippen LogP contribution in [0, 0.1) is 17.8 Å². The van der Waals surface area contributed by atoms with Gasteiger partial charge < -0.3 is 30.5 Å². The molecule has 1 atom stereocenters. The number of fused-ring (bicyclic) bond motifs is 2. The van der Waals surface area contributed by atoms with Crippen molar-refractivity contribution >= 4 is 46.7 Å². The number of nitrogens with two attached hydrogens (primary N) is 1. The van der Waals surface area contributed by atoms with E-state index in [-0.39, 0.29) is 53.7 Å². The molecular weight excluding hydrogens is 823 g/mol. The van der Waals surface area contributed by atoms with Crippen LogP contribution in [0.5, 0.6) is 0 Å². The molecule has 0 radical (unpaired) electrons. The lowest BCUT2D eigenvalue weighted by molar-refractivity contribution is -0.137. The van der Waals surface area contributed by atoms with Gasteiger partial charge in [-0.25, -0.2) is 9.50 Å². The van der Waals surface area contributed by atoms with Gasteiger partial charge in [0.2, 0.25) is 23.7 Å². The van der Waals surface area contributed by atoms with E-state index >= 15 is 0 Å². The number of carbonyl (C=O) groups excluding carboxylic acids is 5. The number of piperidine rings is 3. The second-order valence-corrected chi connectivity index (χ2v) is 18.3. The van der Waals surface area contributed by atoms with Crippen LogP contribution in [0.2, 0.25) is 0 Å². The highest BCUT2D eigenvalue weighted by molar-refractivity contribution is 6.11. The van der Waals surface area contributed by atoms with Gasteiger partial charge in [-0.05, 0) is 111 Å². The second-order valence-electron chi connectivity index (χ2n) is 18.3. The number of anilines is 2. The third-order valence-corrected chi connectivity index (χ3v) is 13.5. The van der Waals surface area contributed by atoms with Crippen LogP contribution in [0.4, 0.5) is 11.6 Å². The summed E-state index contributed by atoms with van der Waals surface area (Å²) < 4.78 is 6.92. The Balaban J connectivity index is 0.762. The first-order valence-corrected chi connectivity index (χ1v) is 23.3. The van der Waals surface area contributed by atoms with Crippen molar-refractivity contribution in [3.63, 3.8) is 0 Å². The summed E-state index contributed by atoms with van der Waals surface area (Å²) in [6.07, 6.45) is 10.6. The molecule has 2 aromatic heterocycles. The number of nitrogens with zero attached hydrogens (tertiary/aromatic N) is 6. The fourth-order valence-corrected chi connectivity index (χ4v) is 9.92. The van der Waals surface area contributed by atoms with Crippen LogP contribution in [0.15, 0.2) is 48.7 Å². The standard InChI is InChI=1S/C50H61N9O6/c1-32(2)46-40(45(42-29-52-50(51)55-59(42)46)48(63)53-38-13-9-34(10-14-38)31-65-3)15-11-33-19-26-57(27-20-33)44(61)8-6-4-5-7-23-56-24-21-35(22-25-56)36-12-16-39-37(28-36)30-58(49(39)64)41-17-18-43(60)54-47(41)62/h9-10,12-14,16,28-29,32-33,35,41H,4-8,17-27,30-31H2,1-3H3,(H2,51,55)(H,53,63)(H,54,60,62). The van der Waals surface area contributed by atoms with Crippen LogP contribution in [-0.2, 0) is 32.3 Å². The zero-order valence-electron chi connectivity index (χ0n) is 37.9. The van der Waals surface area contributed by atoms with Crippen molar-refractivity contribution in [3.8, 4) is 11.8 Å². The predicted octanol–water partition coefficient (Wildman–Crippen LogP) is 6.01. The molecule has 2 aromatic carbocycles. The average molecular weight is 884 g/mol. The minimum Gasteiger partial charge on any atom is -0.380 e. The molecule has 342 valence electrons. The third-order valence-electron chi connectivity index (χ3n) is 13.5. The van der Waals surface area contributed by atoms with Gasteiger partial charge in [0, 0.05) is 56.8 Å². The van der Waals surface area contributed by atoms with Gasteiger partial charge in [-0.2, -0.15) is 0 Å². The van der Waals surface area contributed by atoms with Crippen LogP contribution in [0.25, 0.3) is 5.52 Å². The van der Waals surface area contributed by atoms with E-state index in [1.165, 1.54) is 5.56 Å². The van der Waals surface area contributed by atoms with E-state index in [0.717, 1.165) is 87.8 Å². The second kappa shape index (κ2) is 20.4. The topological polar surface area (TPSA) is 185 Å². The molecule has 4 aromatic rings. The van der Waals surface area contributed by atoms with E-state index in [9.17, 15) is 24.0 Å². The maximum Gasteiger partial charge on any atom is 0.259 e. The van der Waals surface area contributed by atoms with Gasteiger partial charge in [0.05, 0.1) is 35.1 Å². The fraction of sp³-hybridized carbons (Fsp3) is 0.500. The Kier molecular flexibility index (Phi) is 14.3. The molecular formula is C50H61N9O6. The van der Waals surface area contributed by atoms with Crippen molar-refractivity contribution in [2.75, 3.05) is 50.9 Å². The van der Waals surface area contributed by atoms with Gasteiger partial charge in [0.15, 0.2) is 0 Å². The van der Waals surface area contributed by atoms with E-state index in [1.807, 2.05) is 49.1 Å². The number of hydrogen-bond donors (Lipinski definition) is 3. The molecule has 15 heteroatoms. The van der Waals surface area contributed by atoms with Gasteiger partial charge in [0.25, 0.3) is 11.8 Å². The summed E-state index contributed by atoms with van der Waals surface area (Å²) in [5.41, 5.74) is 12.9. The number of hydrogen-bond acceptors (Lipinski definition) is 10. The Morgan fingerprint density at radius 1 is 0.954 bits per heavy atom. The molecule has 6 heterocycles. The molecule has 1 unspecified atom stereocenters. The molecule has 15 nitrogen and oxygen atoms in total. The molecule has 4 aliphatic heterocycles. The van der Waals surface area contributed by atoms with Gasteiger partial charge in [-0.3, -0.25) is 29.3 Å². The summed E-state index contributed by atoms with van der Waals surface area (Å²) in [5, 5.41) is 9.89. The van der Waals surface area contributed by atoms with E-state index < -0.39 is 6.04 Å². The van der Waals surface area contributed by atoms with Crippen molar-refractivity contribution < 1.29 is 28.7 Å². The number of unbranched alkanes of at least 4 members (excludes halogenated alkanes) is 3. The Morgan fingerprint density at radius 2 is 1.71 bits per heavy atom. The number of likely N-dealkylation sites (tertiary alicyclic amines) is 2. The summed E-state index contributed by atoms with van der Waals surface area (Å²) in [6, 6.07) is 13.1. The summed E-state index contributed by atoms with van der Waals surface area (Å²) in [7, 11) is 1.65. The number of ether oxygens (including phenoxy) is 1. The molecule has 3 saturated heterocycles. The molecule has 65 heavy (non-hydrogen) atoms. The fourth-order valence-electron chi connectivity index (χ4n) is 9.92. The predicted molar refractivity (Wildman–Crippen MR) is 247 cm³/mol. The minimum absolute atomic E-state index is 0.00417. The third kappa shape index (κ3) is 10.4. The molecule has 0 spiro atoms. The molecule has 8 rings (SSSR count). The quantitative estimate of drug-likeness (QED) is 0.0770. The zero-order chi connectivity index (χ0) is 45.6. The van der Waals surface area contributed by atoms with E-state index in [1.54, 1.807) is 22.7 Å². The number of aromatic nitrogens is 3. The number of carbonyl (C=O) groups is 5. The van der Waals surface area contributed by atoms with Crippen molar-refractivity contribution in [2.45, 2.75) is 116 Å². The largest absolute Gasteiger partial charge is 0.380 e. The van der Waals surface area contributed by atoms with Gasteiger partial charge in [0.1, 0.15) is 6.04 Å². The number of nitrogen functional groups attached to an aromatic ring is 1. The number of rotatable bonds is 14. The van der Waals surface area contributed by atoms with Gasteiger partial charge in [-0.1, -0.05) is 62.8 Å². The first kappa shape index (κ1) is 45.5. The first-order valence-electron chi connectivity index (χ1n) is 23.3. The first-order chi connectivity index (χ1) is 31.5. The Morgan fingerprint density at radius 3 is 2.43 bits per heavy atom. The number of benzene rings is 2. The van der Waals surface area contributed by atoms with Crippen molar-refractivity contribution in [1.82, 2.24) is 34.6 Å². The Labute approximate surface area is 380 Å². The van der Waals surface area contributed by atoms with E-state index in [4.69, 9.17) is 10.5 Å². The molecule has 4 N–H and O–H groups in total. The van der Waals surface area contributed by atoms with Crippen molar-refractivity contribution in [1.29, 1.82) is 0 Å². The number of imide groups is 1. The van der Waals surface area contributed by atoms with Gasteiger partial charge >= 0.3 is 0 Å². The molecule has 5 amide bonds. The highest BCUT2D eigenvalue weighted by Crippen LogP contribution is 2.34. The SMILES string of the molecule is COCc1ccc(NC(=O)c2c(C#CC3CCN(C(=O)CCCCCCN4CCC(c5ccc6c(c5)CN(C5CCC(=O)NC5=O)C6=O)CC4)CC3)c(C(C)C)n3nc(N)ncc23)cc1. The average Bonchev–Trinajstić information content (AvgIpc) is 3.81. The molecule has 3 fully saturated rings. The summed E-state index contributed by atoms with van der Waals surface area (Å²) in [5.74, 6) is 6.62. The normalized spacial score (nSPS) is 18.5. The van der Waals surface area contributed by atoms with Crippen LogP contribution >= 0.6 is 0 Å². The van der Waals surface area contributed by atoms with Crippen molar-refractivity contribution in [2.24, 2.45) is 5.92 Å². The molecule has 4 aliphatic rings. The van der Waals surface area contributed by atoms with Crippen molar-refractivity contribution in [3.05, 3.63) is 87.7 Å². The number of methoxy groups -OCH3 is 1. The molecule has 0 aliphatic carbocycles. The molecule has 0 bridgehead atoms. The summed E-state index contributed by atoms with van der Waals surface area (Å²) in [4.78, 5) is 74.7. The van der Waals surface area contributed by atoms with Crippen LogP contribution in [0.3, 0.4) is 0 Å². The lowest BCUT2D eigenvalue weighted by atomic mass is 9.88. The highest BCUT2D eigenvalue weighted by Gasteiger charge is 2.39. The van der Waals surface area contributed by atoms with Crippen LogP contribution < -0.4 is 16.4 Å². The number of nitrogens with one attached hydrogen (secondary N) is 2. The lowest BCUT2D eigenvalue weighted by Gasteiger charge is -2.32. The summed E-state index contributed by atoms with van der Waals surface area (Å²) in [6.45, 7) is 9.45. The molecule has 0 saturated carbocycles. The monoisotopic (exact) mass is 883 g/mol. The maximum absolute atomic E-state index is 13.9. The maximum atomic E-state index is 13.9. The van der Waals surface area contributed by atoms with Gasteiger partial charge in [-0.15, -0.1) is 5.10 Å². The number of amides is 5. The Hall–Kier alpha value is -6.11. The highest BCUT2D eigenvalue weighted by atomic mass is 16.5. The van der Waals surface area contributed by atoms with Crippen LogP contribution in [0.1, 0.15) is 145 Å². The van der Waals surface area contributed by atoms with E-state index in [0.29, 0.717) is 72.9 Å². The zero-order valence-corrected chi connectivity index (χ0v) is 37.9. The van der Waals surface area contributed by atoms with Crippen LogP contribution in [-0.4, -0.2) is 105 Å². The minimum atomic E-state index is -0.595. The Bertz CT molecular complexity index is 2490. The summed E-state index contributed by atoms with van der Waals surface area (Å²) >= 11 is 0. The lowest BCUT2D eigenvalue weighted by Crippen LogP contribution is -2.52.